The molecule has 31 heavy (non-hydrogen) atoms. The van der Waals surface area contributed by atoms with E-state index in [2.05, 4.69) is 15.3 Å². The molecule has 164 valence electrons. The molecule has 5 atom stereocenters. The Bertz CT molecular complexity index is 1070. The van der Waals surface area contributed by atoms with Crippen molar-refractivity contribution in [1.82, 2.24) is 20.0 Å². The van der Waals surface area contributed by atoms with Crippen LogP contribution in [0.3, 0.4) is 0 Å². The van der Waals surface area contributed by atoms with Gasteiger partial charge in [0.05, 0.1) is 29.0 Å². The fourth-order valence-corrected chi connectivity index (χ4v) is 4.73. The van der Waals surface area contributed by atoms with Crippen molar-refractivity contribution >= 4 is 35.0 Å². The van der Waals surface area contributed by atoms with Gasteiger partial charge in [-0.3, -0.25) is 4.98 Å². The van der Waals surface area contributed by atoms with E-state index >= 15 is 0 Å². The lowest BCUT2D eigenvalue weighted by Gasteiger charge is -2.41. The fraction of sp³-hybridized carbons (Fsp3) is 0.316. The summed E-state index contributed by atoms with van der Waals surface area (Å²) in [5.41, 5.74) is -0.152. The van der Waals surface area contributed by atoms with Crippen LogP contribution in [0.15, 0.2) is 47.8 Å². The number of rotatable bonds is 5. The van der Waals surface area contributed by atoms with Crippen LogP contribution in [0.4, 0.5) is 4.39 Å². The SMILES string of the molecule is OCC1OC(Sc2ccc(Cl)c(Cl)c2)C(O)C(n2cc(-c3cncc(F)c3)nn2)C1O. The van der Waals surface area contributed by atoms with Crippen molar-refractivity contribution in [3.05, 3.63) is 58.7 Å². The first-order valence-corrected chi connectivity index (χ1v) is 10.8. The highest BCUT2D eigenvalue weighted by Gasteiger charge is 2.46. The molecule has 8 nitrogen and oxygen atoms in total. The number of benzene rings is 1. The van der Waals surface area contributed by atoms with Crippen LogP contribution in [-0.4, -0.2) is 65.7 Å². The lowest BCUT2D eigenvalue weighted by atomic mass is 9.97. The first kappa shape index (κ1) is 22.4. The van der Waals surface area contributed by atoms with Crippen molar-refractivity contribution in [2.45, 2.75) is 34.7 Å². The number of hydrogen-bond acceptors (Lipinski definition) is 8. The molecular formula is C19H17Cl2FN4O4S. The summed E-state index contributed by atoms with van der Waals surface area (Å²) in [6.07, 6.45) is 0.485. The number of ether oxygens (including phenoxy) is 1. The van der Waals surface area contributed by atoms with E-state index in [4.69, 9.17) is 27.9 Å². The normalized spacial score (nSPS) is 26.2. The topological polar surface area (TPSA) is 114 Å². The van der Waals surface area contributed by atoms with Crippen LogP contribution in [0.1, 0.15) is 6.04 Å². The minimum atomic E-state index is -1.27. The number of hydrogen-bond donors (Lipinski definition) is 3. The third-order valence-corrected chi connectivity index (χ3v) is 6.70. The number of thioether (sulfide) groups is 1. The molecule has 0 spiro atoms. The summed E-state index contributed by atoms with van der Waals surface area (Å²) in [7, 11) is 0. The van der Waals surface area contributed by atoms with Crippen LogP contribution in [-0.2, 0) is 4.74 Å². The Kier molecular flexibility index (Phi) is 6.77. The largest absolute Gasteiger partial charge is 0.394 e. The first-order chi connectivity index (χ1) is 14.9. The van der Waals surface area contributed by atoms with Crippen LogP contribution >= 0.6 is 35.0 Å². The van der Waals surface area contributed by atoms with Gasteiger partial charge >= 0.3 is 0 Å². The van der Waals surface area contributed by atoms with Gasteiger partial charge in [-0.05, 0) is 24.3 Å². The lowest BCUT2D eigenvalue weighted by molar-refractivity contribution is -0.178. The van der Waals surface area contributed by atoms with Gasteiger partial charge in [0, 0.05) is 16.7 Å². The van der Waals surface area contributed by atoms with Gasteiger partial charge in [-0.2, -0.15) is 0 Å². The molecule has 1 fully saturated rings. The van der Waals surface area contributed by atoms with E-state index in [-0.39, 0.29) is 0 Å². The summed E-state index contributed by atoms with van der Waals surface area (Å²) in [4.78, 5) is 4.46. The molecule has 0 bridgehead atoms. The number of aliphatic hydroxyl groups is 3. The molecule has 5 unspecified atom stereocenters. The Morgan fingerprint density at radius 3 is 2.65 bits per heavy atom. The zero-order valence-corrected chi connectivity index (χ0v) is 18.0. The van der Waals surface area contributed by atoms with Gasteiger partial charge in [-0.15, -0.1) is 5.10 Å². The summed E-state index contributed by atoms with van der Waals surface area (Å²) in [6, 6.07) is 5.23. The van der Waals surface area contributed by atoms with Crippen LogP contribution in [0.25, 0.3) is 11.3 Å². The van der Waals surface area contributed by atoms with Crippen molar-refractivity contribution in [1.29, 1.82) is 0 Å². The molecule has 1 aromatic carbocycles. The Balaban J connectivity index is 1.62. The van der Waals surface area contributed by atoms with E-state index in [9.17, 15) is 19.7 Å². The van der Waals surface area contributed by atoms with E-state index in [1.807, 2.05) is 0 Å². The monoisotopic (exact) mass is 486 g/mol. The maximum Gasteiger partial charge on any atom is 0.142 e. The molecule has 3 N–H and O–H groups in total. The zero-order valence-electron chi connectivity index (χ0n) is 15.7. The summed E-state index contributed by atoms with van der Waals surface area (Å²) in [6.45, 7) is -0.474. The maximum absolute atomic E-state index is 13.5. The predicted octanol–water partition coefficient (Wildman–Crippen LogP) is 2.56. The molecule has 1 aliphatic heterocycles. The van der Waals surface area contributed by atoms with E-state index in [1.165, 1.54) is 23.1 Å². The molecule has 3 heterocycles. The third-order valence-electron chi connectivity index (χ3n) is 4.81. The highest BCUT2D eigenvalue weighted by Crippen LogP contribution is 2.39. The first-order valence-electron chi connectivity index (χ1n) is 9.14. The van der Waals surface area contributed by atoms with Crippen LogP contribution in [0, 0.1) is 5.82 Å². The molecule has 4 rings (SSSR count). The number of halogens is 3. The molecule has 1 aliphatic rings. The smallest absolute Gasteiger partial charge is 0.142 e. The van der Waals surface area contributed by atoms with Gasteiger partial charge in [-0.1, -0.05) is 40.2 Å². The average molecular weight is 487 g/mol. The second-order valence-electron chi connectivity index (χ2n) is 6.87. The Labute approximate surface area is 190 Å². The van der Waals surface area contributed by atoms with Gasteiger partial charge in [-0.25, -0.2) is 9.07 Å². The molecule has 0 aliphatic carbocycles. The quantitative estimate of drug-likeness (QED) is 0.504. The van der Waals surface area contributed by atoms with Crippen molar-refractivity contribution in [3.63, 3.8) is 0 Å². The molecule has 3 aromatic rings. The molecule has 0 radical (unpaired) electrons. The van der Waals surface area contributed by atoms with E-state index < -0.39 is 42.2 Å². The fourth-order valence-electron chi connectivity index (χ4n) is 3.27. The van der Waals surface area contributed by atoms with Crippen LogP contribution < -0.4 is 0 Å². The van der Waals surface area contributed by atoms with Gasteiger partial charge < -0.3 is 20.1 Å². The number of aromatic nitrogens is 4. The van der Waals surface area contributed by atoms with E-state index in [0.717, 1.165) is 18.0 Å². The minimum absolute atomic E-state index is 0.312. The Hall–Kier alpha value is -1.79. The standard InChI is InChI=1S/C19H17Cl2FN4O4S/c20-12-2-1-11(4-13(12)21)31-19-18(29)16(17(28)15(8-27)30-19)26-7-14(24-25-26)9-3-10(22)6-23-5-9/h1-7,15-19,27-29H,8H2. The third kappa shape index (κ3) is 4.70. The van der Waals surface area contributed by atoms with Gasteiger partial charge in [0.1, 0.15) is 41.3 Å². The van der Waals surface area contributed by atoms with Gasteiger partial charge in [0.15, 0.2) is 0 Å². The minimum Gasteiger partial charge on any atom is -0.394 e. The second-order valence-corrected chi connectivity index (χ2v) is 8.85. The summed E-state index contributed by atoms with van der Waals surface area (Å²) in [5, 5.41) is 40.1. The summed E-state index contributed by atoms with van der Waals surface area (Å²) >= 11 is 13.2. The molecule has 12 heteroatoms. The van der Waals surface area contributed by atoms with Gasteiger partial charge in [0.25, 0.3) is 0 Å². The predicted molar refractivity (Wildman–Crippen MR) is 112 cm³/mol. The summed E-state index contributed by atoms with van der Waals surface area (Å²) in [5.74, 6) is -0.531. The Morgan fingerprint density at radius 2 is 1.94 bits per heavy atom. The van der Waals surface area contributed by atoms with Crippen LogP contribution in [0.5, 0.6) is 0 Å². The molecule has 0 amide bonds. The molecule has 1 saturated heterocycles. The second kappa shape index (κ2) is 9.37. The van der Waals surface area contributed by atoms with Crippen molar-refractivity contribution in [2.75, 3.05) is 6.61 Å². The number of nitrogens with zero attached hydrogens (tertiary/aromatic N) is 4. The van der Waals surface area contributed by atoms with E-state index in [0.29, 0.717) is 26.2 Å². The van der Waals surface area contributed by atoms with Crippen molar-refractivity contribution in [2.24, 2.45) is 0 Å². The molecule has 0 saturated carbocycles. The Morgan fingerprint density at radius 1 is 1.13 bits per heavy atom. The number of pyridine rings is 1. The number of aliphatic hydroxyl groups excluding tert-OH is 3. The zero-order chi connectivity index (χ0) is 22.1. The lowest BCUT2D eigenvalue weighted by Crippen LogP contribution is -2.55. The average Bonchev–Trinajstić information content (AvgIpc) is 3.22. The van der Waals surface area contributed by atoms with Crippen LogP contribution in [0.2, 0.25) is 10.0 Å². The maximum atomic E-state index is 13.5. The summed E-state index contributed by atoms with van der Waals surface area (Å²) < 4.78 is 20.5. The van der Waals surface area contributed by atoms with Crippen molar-refractivity contribution in [3.8, 4) is 11.3 Å². The highest BCUT2D eigenvalue weighted by atomic mass is 35.5. The molecule has 2 aromatic heterocycles. The van der Waals surface area contributed by atoms with Gasteiger partial charge in [0.2, 0.25) is 0 Å². The highest BCUT2D eigenvalue weighted by molar-refractivity contribution is 7.99. The van der Waals surface area contributed by atoms with Crippen molar-refractivity contribution < 1.29 is 24.4 Å². The van der Waals surface area contributed by atoms with E-state index in [1.54, 1.807) is 18.2 Å². The molecular weight excluding hydrogens is 470 g/mol.